The van der Waals surface area contributed by atoms with Gasteiger partial charge in [-0.15, -0.1) is 0 Å². The van der Waals surface area contributed by atoms with Crippen molar-refractivity contribution in [3.63, 3.8) is 0 Å². The maximum Gasteiger partial charge on any atom is 0.416 e. The second kappa shape index (κ2) is 4.46. The van der Waals surface area contributed by atoms with Crippen LogP contribution in [0.4, 0.5) is 13.2 Å². The number of alkyl halides is 3. The van der Waals surface area contributed by atoms with Crippen LogP contribution in [0.2, 0.25) is 0 Å². The van der Waals surface area contributed by atoms with Crippen LogP contribution in [0.15, 0.2) is 18.2 Å². The van der Waals surface area contributed by atoms with Gasteiger partial charge in [-0.05, 0) is 42.4 Å². The summed E-state index contributed by atoms with van der Waals surface area (Å²) < 4.78 is 37.7. The number of hydrogen-bond acceptors (Lipinski definition) is 2. The third-order valence-electron chi connectivity index (χ3n) is 3.54. The summed E-state index contributed by atoms with van der Waals surface area (Å²) in [7, 11) is 0. The van der Waals surface area contributed by atoms with E-state index in [4.69, 9.17) is 0 Å². The van der Waals surface area contributed by atoms with Gasteiger partial charge in [-0.1, -0.05) is 13.0 Å². The third kappa shape index (κ3) is 2.26. The quantitative estimate of drug-likeness (QED) is 0.843. The maximum atomic E-state index is 12.6. The van der Waals surface area contributed by atoms with Gasteiger partial charge in [0.15, 0.2) is 0 Å². The van der Waals surface area contributed by atoms with Gasteiger partial charge in [-0.3, -0.25) is 0 Å². The highest BCUT2D eigenvalue weighted by atomic mass is 32.2. The zero-order chi connectivity index (χ0) is 13.6. The van der Waals surface area contributed by atoms with E-state index in [0.29, 0.717) is 17.5 Å². The van der Waals surface area contributed by atoms with Gasteiger partial charge >= 0.3 is 6.18 Å². The molecule has 0 aromatic heterocycles. The zero-order valence-corrected chi connectivity index (χ0v) is 11.0. The zero-order valence-electron chi connectivity index (χ0n) is 10.2. The van der Waals surface area contributed by atoms with Gasteiger partial charge in [0.2, 0.25) is 0 Å². The molecule has 1 aromatic rings. The molecular formula is C13H15F3OS. The number of aliphatic hydroxyl groups is 1. The Hall–Kier alpha value is -0.680. The number of rotatable bonds is 1. The minimum absolute atomic E-state index is 0.00735. The molecule has 1 aromatic carbocycles. The molecule has 0 spiro atoms. The Labute approximate surface area is 108 Å². The first-order valence-corrected chi connectivity index (χ1v) is 6.82. The lowest BCUT2D eigenvalue weighted by molar-refractivity contribution is -0.137. The lowest BCUT2D eigenvalue weighted by atomic mass is 9.85. The van der Waals surface area contributed by atoms with Gasteiger partial charge in [0.05, 0.1) is 5.56 Å². The highest BCUT2D eigenvalue weighted by Gasteiger charge is 2.42. The van der Waals surface area contributed by atoms with Crippen LogP contribution in [0, 0.1) is 6.92 Å². The van der Waals surface area contributed by atoms with Crippen LogP contribution >= 0.6 is 11.8 Å². The maximum absolute atomic E-state index is 12.6. The summed E-state index contributed by atoms with van der Waals surface area (Å²) in [6, 6.07) is 3.58. The van der Waals surface area contributed by atoms with Gasteiger partial charge in [-0.2, -0.15) is 24.9 Å². The molecule has 1 nitrogen and oxygen atoms in total. The molecular weight excluding hydrogens is 261 g/mol. The van der Waals surface area contributed by atoms with E-state index in [1.165, 1.54) is 6.07 Å². The van der Waals surface area contributed by atoms with E-state index in [9.17, 15) is 18.3 Å². The number of hydrogen-bond donors (Lipinski definition) is 1. The topological polar surface area (TPSA) is 20.2 Å². The largest absolute Gasteiger partial charge is 0.416 e. The number of aryl methyl sites for hydroxylation is 1. The standard InChI is InChI=1S/C13H15F3OS/c1-8-7-10(13(14,15)16)3-4-11(8)12(17)5-6-18-9(12)2/h3-4,7,9,17H,5-6H2,1-2H3. The highest BCUT2D eigenvalue weighted by Crippen LogP contribution is 2.44. The third-order valence-corrected chi connectivity index (χ3v) is 4.87. The monoisotopic (exact) mass is 276 g/mol. The average Bonchev–Trinajstić information content (AvgIpc) is 2.58. The molecule has 1 N–H and O–H groups in total. The molecule has 18 heavy (non-hydrogen) atoms. The predicted molar refractivity (Wildman–Crippen MR) is 66.6 cm³/mol. The fraction of sp³-hybridized carbons (Fsp3) is 0.538. The predicted octanol–water partition coefficient (Wildman–Crippen LogP) is 3.73. The Bertz CT molecular complexity index is 458. The minimum Gasteiger partial charge on any atom is -0.384 e. The van der Waals surface area contributed by atoms with Crippen molar-refractivity contribution in [2.45, 2.75) is 37.3 Å². The smallest absolute Gasteiger partial charge is 0.384 e. The number of halogens is 3. The normalized spacial score (nSPS) is 28.7. The lowest BCUT2D eigenvalue weighted by Gasteiger charge is -2.29. The molecule has 0 amide bonds. The first kappa shape index (κ1) is 13.7. The molecule has 0 bridgehead atoms. The second-order valence-corrected chi connectivity index (χ2v) is 6.16. The molecule has 2 rings (SSSR count). The van der Waals surface area contributed by atoms with Crippen molar-refractivity contribution in [2.24, 2.45) is 0 Å². The van der Waals surface area contributed by atoms with Gasteiger partial charge in [0.25, 0.3) is 0 Å². The Balaban J connectivity index is 2.42. The van der Waals surface area contributed by atoms with Gasteiger partial charge < -0.3 is 5.11 Å². The van der Waals surface area contributed by atoms with Crippen LogP contribution in [-0.4, -0.2) is 16.1 Å². The summed E-state index contributed by atoms with van der Waals surface area (Å²) in [6.45, 7) is 3.53. The fourth-order valence-electron chi connectivity index (χ4n) is 2.41. The lowest BCUT2D eigenvalue weighted by Crippen LogP contribution is -2.32. The molecule has 2 unspecified atom stereocenters. The SMILES string of the molecule is Cc1cc(C(F)(F)F)ccc1C1(O)CCSC1C. The molecule has 100 valence electrons. The van der Waals surface area contributed by atoms with Crippen molar-refractivity contribution >= 4 is 11.8 Å². The first-order valence-electron chi connectivity index (χ1n) is 5.77. The Morgan fingerprint density at radius 2 is 2.06 bits per heavy atom. The minimum atomic E-state index is -4.33. The summed E-state index contributed by atoms with van der Waals surface area (Å²) in [4.78, 5) is 0. The van der Waals surface area contributed by atoms with Crippen molar-refractivity contribution < 1.29 is 18.3 Å². The molecule has 5 heteroatoms. The highest BCUT2D eigenvalue weighted by molar-refractivity contribution is 8.00. The van der Waals surface area contributed by atoms with Crippen molar-refractivity contribution in [3.05, 3.63) is 34.9 Å². The van der Waals surface area contributed by atoms with Crippen LogP contribution in [0.1, 0.15) is 30.0 Å². The van der Waals surface area contributed by atoms with E-state index in [-0.39, 0.29) is 5.25 Å². The van der Waals surface area contributed by atoms with E-state index in [2.05, 4.69) is 0 Å². The molecule has 2 atom stereocenters. The summed E-state index contributed by atoms with van der Waals surface area (Å²) in [6.07, 6.45) is -3.74. The summed E-state index contributed by atoms with van der Waals surface area (Å²) >= 11 is 1.65. The first-order chi connectivity index (χ1) is 8.25. The van der Waals surface area contributed by atoms with Gasteiger partial charge in [0, 0.05) is 5.25 Å². The van der Waals surface area contributed by atoms with E-state index in [1.54, 1.807) is 18.7 Å². The fourth-order valence-corrected chi connectivity index (χ4v) is 3.71. The molecule has 0 radical (unpaired) electrons. The number of thioether (sulfide) groups is 1. The summed E-state index contributed by atoms with van der Waals surface area (Å²) in [5.41, 5.74) is -0.542. The van der Waals surface area contributed by atoms with Gasteiger partial charge in [0.1, 0.15) is 5.60 Å². The summed E-state index contributed by atoms with van der Waals surface area (Å²) in [5.74, 6) is 0.831. The second-order valence-electron chi connectivity index (χ2n) is 4.71. The molecule has 0 aliphatic carbocycles. The van der Waals surface area contributed by atoms with E-state index in [1.807, 2.05) is 6.92 Å². The van der Waals surface area contributed by atoms with Crippen LogP contribution in [0.5, 0.6) is 0 Å². The Morgan fingerprint density at radius 1 is 1.39 bits per heavy atom. The van der Waals surface area contributed by atoms with E-state index < -0.39 is 17.3 Å². The van der Waals surface area contributed by atoms with Crippen LogP contribution in [0.3, 0.4) is 0 Å². The number of benzene rings is 1. The van der Waals surface area contributed by atoms with E-state index >= 15 is 0 Å². The Morgan fingerprint density at radius 3 is 2.50 bits per heavy atom. The molecule has 1 aliphatic heterocycles. The van der Waals surface area contributed by atoms with E-state index in [0.717, 1.165) is 17.9 Å². The van der Waals surface area contributed by atoms with Crippen molar-refractivity contribution in [3.8, 4) is 0 Å². The van der Waals surface area contributed by atoms with Crippen LogP contribution in [-0.2, 0) is 11.8 Å². The van der Waals surface area contributed by atoms with Gasteiger partial charge in [-0.25, -0.2) is 0 Å². The summed E-state index contributed by atoms with van der Waals surface area (Å²) in [5, 5.41) is 10.6. The molecule has 1 heterocycles. The Kier molecular flexibility index (Phi) is 3.40. The van der Waals surface area contributed by atoms with Crippen LogP contribution < -0.4 is 0 Å². The van der Waals surface area contributed by atoms with Crippen molar-refractivity contribution in [1.29, 1.82) is 0 Å². The van der Waals surface area contributed by atoms with Crippen molar-refractivity contribution in [2.75, 3.05) is 5.75 Å². The molecule has 1 fully saturated rings. The average molecular weight is 276 g/mol. The molecule has 1 saturated heterocycles. The molecule has 1 aliphatic rings. The van der Waals surface area contributed by atoms with Crippen molar-refractivity contribution in [1.82, 2.24) is 0 Å². The molecule has 0 saturated carbocycles. The van der Waals surface area contributed by atoms with Crippen LogP contribution in [0.25, 0.3) is 0 Å².